The van der Waals surface area contributed by atoms with Crippen molar-refractivity contribution in [3.05, 3.63) is 29.0 Å². The van der Waals surface area contributed by atoms with Crippen LogP contribution in [0.4, 0.5) is 0 Å². The average Bonchev–Trinajstić information content (AvgIpc) is 2.45. The number of halogens is 1. The van der Waals surface area contributed by atoms with Gasteiger partial charge in [0.25, 0.3) is 5.91 Å². The maximum absolute atomic E-state index is 12.5. The SMILES string of the molecule is CN1CCC(N(CCO)C(=O)c2cccc(Cl)n2)CC1. The molecule has 0 spiro atoms. The number of aromatic nitrogens is 1. The first-order chi connectivity index (χ1) is 9.61. The van der Waals surface area contributed by atoms with Gasteiger partial charge < -0.3 is 14.9 Å². The maximum atomic E-state index is 12.5. The molecule has 0 radical (unpaired) electrons. The van der Waals surface area contributed by atoms with Gasteiger partial charge >= 0.3 is 0 Å². The molecule has 1 aromatic rings. The molecule has 1 N–H and O–H groups in total. The smallest absolute Gasteiger partial charge is 0.272 e. The fraction of sp³-hybridized carbons (Fsp3) is 0.571. The Hall–Kier alpha value is -1.17. The Morgan fingerprint density at radius 1 is 1.50 bits per heavy atom. The zero-order valence-corrected chi connectivity index (χ0v) is 12.4. The third-order valence-electron chi connectivity index (χ3n) is 3.66. The van der Waals surface area contributed by atoms with Crippen LogP contribution >= 0.6 is 11.6 Å². The summed E-state index contributed by atoms with van der Waals surface area (Å²) in [5.74, 6) is -0.156. The van der Waals surface area contributed by atoms with Crippen molar-refractivity contribution < 1.29 is 9.90 Å². The van der Waals surface area contributed by atoms with E-state index in [0.29, 0.717) is 17.4 Å². The number of pyridine rings is 1. The van der Waals surface area contributed by atoms with E-state index in [1.54, 1.807) is 23.1 Å². The molecule has 0 bridgehead atoms. The summed E-state index contributed by atoms with van der Waals surface area (Å²) in [4.78, 5) is 20.6. The van der Waals surface area contributed by atoms with E-state index in [2.05, 4.69) is 16.9 Å². The topological polar surface area (TPSA) is 56.7 Å². The summed E-state index contributed by atoms with van der Waals surface area (Å²) in [6.45, 7) is 2.21. The molecule has 1 saturated heterocycles. The van der Waals surface area contributed by atoms with Crippen LogP contribution in [0.5, 0.6) is 0 Å². The summed E-state index contributed by atoms with van der Waals surface area (Å²) in [6.07, 6.45) is 1.84. The maximum Gasteiger partial charge on any atom is 0.272 e. The second-order valence-corrected chi connectivity index (χ2v) is 5.49. The summed E-state index contributed by atoms with van der Waals surface area (Å²) in [5, 5.41) is 9.53. The van der Waals surface area contributed by atoms with Gasteiger partial charge in [0, 0.05) is 12.6 Å². The molecule has 0 unspecified atom stereocenters. The van der Waals surface area contributed by atoms with E-state index in [0.717, 1.165) is 25.9 Å². The number of rotatable bonds is 4. The zero-order valence-electron chi connectivity index (χ0n) is 11.6. The molecule has 1 aliphatic heterocycles. The zero-order chi connectivity index (χ0) is 14.5. The number of aliphatic hydroxyl groups excluding tert-OH is 1. The van der Waals surface area contributed by atoms with E-state index in [1.807, 2.05) is 0 Å². The van der Waals surface area contributed by atoms with Gasteiger partial charge in [0.15, 0.2) is 0 Å². The van der Waals surface area contributed by atoms with Crippen LogP contribution in [0.3, 0.4) is 0 Å². The Balaban J connectivity index is 2.13. The third kappa shape index (κ3) is 3.69. The molecule has 1 amide bonds. The first-order valence-corrected chi connectivity index (χ1v) is 7.22. The van der Waals surface area contributed by atoms with Crippen molar-refractivity contribution in [2.24, 2.45) is 0 Å². The molecule has 0 aromatic carbocycles. The predicted octanol–water partition coefficient (Wildman–Crippen LogP) is 1.26. The van der Waals surface area contributed by atoms with Crippen LogP contribution in [0, 0.1) is 0 Å². The fourth-order valence-electron chi connectivity index (χ4n) is 2.54. The molecular weight excluding hydrogens is 278 g/mol. The van der Waals surface area contributed by atoms with Crippen molar-refractivity contribution in [1.29, 1.82) is 0 Å². The number of hydrogen-bond acceptors (Lipinski definition) is 4. The number of nitrogens with zero attached hydrogens (tertiary/aromatic N) is 3. The Bertz CT molecular complexity index is 461. The number of carbonyl (C=O) groups is 1. The quantitative estimate of drug-likeness (QED) is 0.850. The van der Waals surface area contributed by atoms with Crippen molar-refractivity contribution in [1.82, 2.24) is 14.8 Å². The van der Waals surface area contributed by atoms with E-state index in [4.69, 9.17) is 11.6 Å². The highest BCUT2D eigenvalue weighted by molar-refractivity contribution is 6.29. The van der Waals surface area contributed by atoms with Crippen molar-refractivity contribution in [2.75, 3.05) is 33.3 Å². The lowest BCUT2D eigenvalue weighted by molar-refractivity contribution is 0.0534. The molecule has 2 heterocycles. The Labute approximate surface area is 124 Å². The number of amides is 1. The summed E-state index contributed by atoms with van der Waals surface area (Å²) in [6, 6.07) is 5.18. The highest BCUT2D eigenvalue weighted by Gasteiger charge is 2.27. The summed E-state index contributed by atoms with van der Waals surface area (Å²) in [7, 11) is 2.08. The normalized spacial score (nSPS) is 17.1. The van der Waals surface area contributed by atoms with Crippen molar-refractivity contribution >= 4 is 17.5 Å². The van der Waals surface area contributed by atoms with E-state index >= 15 is 0 Å². The molecule has 1 aromatic heterocycles. The van der Waals surface area contributed by atoms with E-state index in [9.17, 15) is 9.90 Å². The highest BCUT2D eigenvalue weighted by atomic mass is 35.5. The molecule has 6 heteroatoms. The Morgan fingerprint density at radius 2 is 2.20 bits per heavy atom. The Kier molecular flexibility index (Phi) is 5.34. The lowest BCUT2D eigenvalue weighted by Gasteiger charge is -2.37. The standard InChI is InChI=1S/C14H20ClN3O2/c1-17-7-5-11(6-8-17)18(9-10-19)14(20)12-3-2-4-13(15)16-12/h2-4,11,19H,5-10H2,1H3. The molecule has 20 heavy (non-hydrogen) atoms. The summed E-state index contributed by atoms with van der Waals surface area (Å²) < 4.78 is 0. The van der Waals surface area contributed by atoms with E-state index < -0.39 is 0 Å². The lowest BCUT2D eigenvalue weighted by Crippen LogP contribution is -2.47. The third-order valence-corrected chi connectivity index (χ3v) is 3.88. The number of piperidine rings is 1. The first kappa shape index (κ1) is 15.2. The van der Waals surface area contributed by atoms with Gasteiger partial charge in [-0.15, -0.1) is 0 Å². The highest BCUT2D eigenvalue weighted by Crippen LogP contribution is 2.18. The molecule has 2 rings (SSSR count). The minimum atomic E-state index is -0.156. The van der Waals surface area contributed by atoms with Crippen LogP contribution in [0.25, 0.3) is 0 Å². The van der Waals surface area contributed by atoms with Gasteiger partial charge in [0.2, 0.25) is 0 Å². The van der Waals surface area contributed by atoms with Crippen LogP contribution in [-0.2, 0) is 0 Å². The number of carbonyl (C=O) groups excluding carboxylic acids is 1. The molecule has 0 atom stereocenters. The van der Waals surface area contributed by atoms with Gasteiger partial charge in [-0.1, -0.05) is 17.7 Å². The van der Waals surface area contributed by atoms with Gasteiger partial charge in [0.05, 0.1) is 6.61 Å². The number of hydrogen-bond donors (Lipinski definition) is 1. The molecule has 110 valence electrons. The van der Waals surface area contributed by atoms with Crippen LogP contribution in [0.15, 0.2) is 18.2 Å². The minimum absolute atomic E-state index is 0.0430. The lowest BCUT2D eigenvalue weighted by atomic mass is 10.0. The van der Waals surface area contributed by atoms with E-state index in [-0.39, 0.29) is 18.6 Å². The second-order valence-electron chi connectivity index (χ2n) is 5.10. The van der Waals surface area contributed by atoms with Crippen molar-refractivity contribution in [3.8, 4) is 0 Å². The van der Waals surface area contributed by atoms with Gasteiger partial charge in [-0.25, -0.2) is 4.98 Å². The largest absolute Gasteiger partial charge is 0.395 e. The number of likely N-dealkylation sites (tertiary alicyclic amines) is 1. The fourth-order valence-corrected chi connectivity index (χ4v) is 2.70. The van der Waals surface area contributed by atoms with Crippen LogP contribution < -0.4 is 0 Å². The number of aliphatic hydroxyl groups is 1. The molecule has 1 aliphatic rings. The predicted molar refractivity (Wildman–Crippen MR) is 77.9 cm³/mol. The molecule has 0 aliphatic carbocycles. The van der Waals surface area contributed by atoms with Crippen molar-refractivity contribution in [3.63, 3.8) is 0 Å². The molecular formula is C14H20ClN3O2. The minimum Gasteiger partial charge on any atom is -0.395 e. The van der Waals surface area contributed by atoms with Gasteiger partial charge in [-0.2, -0.15) is 0 Å². The van der Waals surface area contributed by atoms with Crippen LogP contribution in [-0.4, -0.2) is 65.1 Å². The van der Waals surface area contributed by atoms with E-state index in [1.165, 1.54) is 0 Å². The van der Waals surface area contributed by atoms with Crippen LogP contribution in [0.1, 0.15) is 23.3 Å². The van der Waals surface area contributed by atoms with Gasteiger partial charge in [-0.3, -0.25) is 4.79 Å². The summed E-state index contributed by atoms with van der Waals surface area (Å²) in [5.41, 5.74) is 0.338. The average molecular weight is 298 g/mol. The van der Waals surface area contributed by atoms with Crippen LogP contribution in [0.2, 0.25) is 5.15 Å². The summed E-state index contributed by atoms with van der Waals surface area (Å²) >= 11 is 5.84. The molecule has 0 saturated carbocycles. The second kappa shape index (κ2) is 7.02. The van der Waals surface area contributed by atoms with Gasteiger partial charge in [0.1, 0.15) is 10.8 Å². The van der Waals surface area contributed by atoms with Crippen molar-refractivity contribution in [2.45, 2.75) is 18.9 Å². The molecule has 5 nitrogen and oxygen atoms in total. The van der Waals surface area contributed by atoms with Gasteiger partial charge in [-0.05, 0) is 45.1 Å². The monoisotopic (exact) mass is 297 g/mol. The Morgan fingerprint density at radius 3 is 2.80 bits per heavy atom. The first-order valence-electron chi connectivity index (χ1n) is 6.84. The molecule has 1 fully saturated rings.